The molecule has 0 saturated carbocycles. The molecule has 0 aliphatic heterocycles. The van der Waals surface area contributed by atoms with Crippen LogP contribution < -0.4 is 0 Å². The van der Waals surface area contributed by atoms with Crippen LogP contribution >= 0.6 is 11.6 Å². The lowest BCUT2D eigenvalue weighted by molar-refractivity contribution is 0.718. The summed E-state index contributed by atoms with van der Waals surface area (Å²) in [5, 5.41) is 5.53. The summed E-state index contributed by atoms with van der Waals surface area (Å²) in [6, 6.07) is 9.98. The van der Waals surface area contributed by atoms with E-state index >= 15 is 0 Å². The van der Waals surface area contributed by atoms with Gasteiger partial charge in [-0.2, -0.15) is 5.10 Å². The van der Waals surface area contributed by atoms with Crippen LogP contribution in [0.1, 0.15) is 25.5 Å². The summed E-state index contributed by atoms with van der Waals surface area (Å²) in [6.45, 7) is 2.14. The van der Waals surface area contributed by atoms with E-state index in [0.29, 0.717) is 0 Å². The molecule has 4 nitrogen and oxygen atoms in total. The van der Waals surface area contributed by atoms with Crippen LogP contribution in [0, 0.1) is 0 Å². The molecule has 0 radical (unpaired) electrons. The minimum atomic E-state index is 0.105. The van der Waals surface area contributed by atoms with Gasteiger partial charge in [0.25, 0.3) is 0 Å². The summed E-state index contributed by atoms with van der Waals surface area (Å²) in [5.41, 5.74) is 2.79. The maximum absolute atomic E-state index is 6.35. The van der Waals surface area contributed by atoms with E-state index in [1.54, 1.807) is 6.33 Å². The third-order valence-electron chi connectivity index (χ3n) is 3.47. The van der Waals surface area contributed by atoms with Crippen LogP contribution in [0.5, 0.6) is 0 Å². The number of hydrogen-bond acceptors (Lipinski definition) is 3. The second-order valence-corrected chi connectivity index (χ2v) is 5.66. The van der Waals surface area contributed by atoms with Crippen LogP contribution in [0.15, 0.2) is 42.9 Å². The lowest BCUT2D eigenvalue weighted by atomic mass is 10.1. The molecule has 21 heavy (non-hydrogen) atoms. The highest BCUT2D eigenvalue weighted by Crippen LogP contribution is 2.21. The van der Waals surface area contributed by atoms with Crippen LogP contribution in [0.3, 0.4) is 0 Å². The van der Waals surface area contributed by atoms with Crippen molar-refractivity contribution in [2.45, 2.75) is 31.6 Å². The van der Waals surface area contributed by atoms with Gasteiger partial charge in [-0.15, -0.1) is 11.6 Å². The first kappa shape index (κ1) is 14.0. The van der Waals surface area contributed by atoms with E-state index in [-0.39, 0.29) is 5.38 Å². The average molecular weight is 301 g/mol. The molecule has 108 valence electrons. The number of aromatic nitrogens is 4. The molecule has 0 aliphatic rings. The van der Waals surface area contributed by atoms with E-state index in [1.165, 1.54) is 0 Å². The Bertz CT molecular complexity index is 723. The number of halogens is 1. The number of benzene rings is 1. The molecule has 3 rings (SSSR count). The van der Waals surface area contributed by atoms with Gasteiger partial charge in [-0.05, 0) is 18.6 Å². The van der Waals surface area contributed by atoms with Crippen molar-refractivity contribution < 1.29 is 0 Å². The highest BCUT2D eigenvalue weighted by Gasteiger charge is 2.13. The molecule has 0 aliphatic carbocycles. The Labute approximate surface area is 128 Å². The summed E-state index contributed by atoms with van der Waals surface area (Å²) in [7, 11) is 0. The molecule has 0 amide bonds. The third kappa shape index (κ3) is 2.90. The Hall–Kier alpha value is -1.94. The highest BCUT2D eigenvalue weighted by atomic mass is 35.5. The lowest BCUT2D eigenvalue weighted by Gasteiger charge is -2.08. The first-order chi connectivity index (χ1) is 10.3. The van der Waals surface area contributed by atoms with E-state index in [9.17, 15) is 0 Å². The fraction of sp³-hybridized carbons (Fsp3) is 0.312. The molecule has 0 N–H and O–H groups in total. The molecular weight excluding hydrogens is 284 g/mol. The molecule has 0 bridgehead atoms. The Kier molecular flexibility index (Phi) is 4.15. The summed E-state index contributed by atoms with van der Waals surface area (Å²) < 4.78 is 1.84. The SMILES string of the molecule is CCCC(Cl)Cc1ncnc2c1cnn2-c1ccccc1. The first-order valence-corrected chi connectivity index (χ1v) is 7.60. The molecule has 0 fully saturated rings. The molecule has 2 heterocycles. The number of alkyl halides is 1. The zero-order valence-electron chi connectivity index (χ0n) is 11.9. The van der Waals surface area contributed by atoms with Gasteiger partial charge in [0.1, 0.15) is 6.33 Å². The van der Waals surface area contributed by atoms with Crippen LogP contribution in [0.25, 0.3) is 16.7 Å². The van der Waals surface area contributed by atoms with E-state index in [0.717, 1.165) is 41.7 Å². The smallest absolute Gasteiger partial charge is 0.166 e. The Balaban J connectivity index is 2.00. The molecule has 2 aromatic heterocycles. The quantitative estimate of drug-likeness (QED) is 0.674. The second-order valence-electron chi connectivity index (χ2n) is 5.04. The topological polar surface area (TPSA) is 43.6 Å². The molecule has 1 atom stereocenters. The monoisotopic (exact) mass is 300 g/mol. The van der Waals surface area contributed by atoms with E-state index in [4.69, 9.17) is 11.6 Å². The number of hydrogen-bond donors (Lipinski definition) is 0. The van der Waals surface area contributed by atoms with Gasteiger partial charge in [-0.3, -0.25) is 0 Å². The van der Waals surface area contributed by atoms with E-state index in [2.05, 4.69) is 22.0 Å². The predicted octanol–water partition coefficient (Wildman–Crippen LogP) is 3.77. The van der Waals surface area contributed by atoms with Gasteiger partial charge in [0.2, 0.25) is 0 Å². The van der Waals surface area contributed by atoms with Crippen molar-refractivity contribution in [3.05, 3.63) is 48.5 Å². The van der Waals surface area contributed by atoms with Crippen molar-refractivity contribution in [3.8, 4) is 5.69 Å². The Morgan fingerprint density at radius 3 is 2.76 bits per heavy atom. The van der Waals surface area contributed by atoms with Gasteiger partial charge >= 0.3 is 0 Å². The van der Waals surface area contributed by atoms with Gasteiger partial charge in [0, 0.05) is 11.8 Å². The van der Waals surface area contributed by atoms with Crippen LogP contribution in [0.2, 0.25) is 0 Å². The minimum absolute atomic E-state index is 0.105. The fourth-order valence-electron chi connectivity index (χ4n) is 2.44. The number of nitrogens with zero attached hydrogens (tertiary/aromatic N) is 4. The molecule has 5 heteroatoms. The highest BCUT2D eigenvalue weighted by molar-refractivity contribution is 6.20. The number of fused-ring (bicyclic) bond motifs is 1. The summed E-state index contributed by atoms with van der Waals surface area (Å²) in [5.74, 6) is 0. The summed E-state index contributed by atoms with van der Waals surface area (Å²) >= 11 is 6.35. The largest absolute Gasteiger partial charge is 0.240 e. The molecule has 3 aromatic rings. The maximum atomic E-state index is 6.35. The number of rotatable bonds is 5. The van der Waals surface area contributed by atoms with Crippen molar-refractivity contribution in [3.63, 3.8) is 0 Å². The van der Waals surface area contributed by atoms with Crippen molar-refractivity contribution >= 4 is 22.6 Å². The van der Waals surface area contributed by atoms with E-state index in [1.807, 2.05) is 41.2 Å². The normalized spacial score (nSPS) is 12.7. The minimum Gasteiger partial charge on any atom is -0.240 e. The van der Waals surface area contributed by atoms with Gasteiger partial charge in [-0.25, -0.2) is 14.6 Å². The van der Waals surface area contributed by atoms with Crippen molar-refractivity contribution in [2.24, 2.45) is 0 Å². The first-order valence-electron chi connectivity index (χ1n) is 7.16. The lowest BCUT2D eigenvalue weighted by Crippen LogP contribution is -2.06. The standard InChI is InChI=1S/C16H17ClN4/c1-2-6-12(17)9-15-14-10-20-21(16(14)19-11-18-15)13-7-4-3-5-8-13/h3-5,7-8,10-12H,2,6,9H2,1H3. The zero-order chi connectivity index (χ0) is 14.7. The van der Waals surface area contributed by atoms with Crippen molar-refractivity contribution in [1.82, 2.24) is 19.7 Å². The molecule has 1 unspecified atom stereocenters. The summed E-state index contributed by atoms with van der Waals surface area (Å²) in [6.07, 6.45) is 6.22. The maximum Gasteiger partial charge on any atom is 0.166 e. The molecule has 0 saturated heterocycles. The van der Waals surface area contributed by atoms with Crippen LogP contribution in [-0.2, 0) is 6.42 Å². The second kappa shape index (κ2) is 6.22. The third-order valence-corrected chi connectivity index (χ3v) is 3.84. The van der Waals surface area contributed by atoms with E-state index < -0.39 is 0 Å². The van der Waals surface area contributed by atoms with Gasteiger partial charge in [0.05, 0.1) is 23.0 Å². The van der Waals surface area contributed by atoms with Crippen molar-refractivity contribution in [2.75, 3.05) is 0 Å². The Morgan fingerprint density at radius 2 is 2.00 bits per heavy atom. The predicted molar refractivity (Wildman–Crippen MR) is 84.9 cm³/mol. The molecular formula is C16H17ClN4. The van der Waals surface area contributed by atoms with Crippen molar-refractivity contribution in [1.29, 1.82) is 0 Å². The average Bonchev–Trinajstić information content (AvgIpc) is 2.93. The summed E-state index contributed by atoms with van der Waals surface area (Å²) in [4.78, 5) is 8.76. The van der Waals surface area contributed by atoms with Crippen LogP contribution in [-0.4, -0.2) is 25.1 Å². The Morgan fingerprint density at radius 1 is 1.19 bits per heavy atom. The van der Waals surface area contributed by atoms with Gasteiger partial charge in [0.15, 0.2) is 5.65 Å². The van der Waals surface area contributed by atoms with Gasteiger partial charge in [-0.1, -0.05) is 31.5 Å². The fourth-order valence-corrected chi connectivity index (χ4v) is 2.80. The van der Waals surface area contributed by atoms with Gasteiger partial charge < -0.3 is 0 Å². The number of para-hydroxylation sites is 1. The zero-order valence-corrected chi connectivity index (χ0v) is 12.7. The van der Waals surface area contributed by atoms with Crippen LogP contribution in [0.4, 0.5) is 0 Å². The molecule has 0 spiro atoms. The molecule has 1 aromatic carbocycles.